The number of carbonyl (C=O) groups is 1. The third-order valence-corrected chi connectivity index (χ3v) is 5.45. The average molecular weight is 352 g/mol. The smallest absolute Gasteiger partial charge is 0.240 e. The molecule has 0 aliphatic heterocycles. The lowest BCUT2D eigenvalue weighted by Crippen LogP contribution is -2.35. The number of allylic oxidation sites excluding steroid dienone is 2. The van der Waals surface area contributed by atoms with Crippen LogP contribution in [0.5, 0.6) is 0 Å². The third-order valence-electron chi connectivity index (χ3n) is 3.85. The Kier molecular flexibility index (Phi) is 6.53. The van der Waals surface area contributed by atoms with Crippen LogP contribution in [0.4, 0.5) is 5.69 Å². The molecule has 0 saturated carbocycles. The average Bonchev–Trinajstić information content (AvgIpc) is 2.56. The maximum atomic E-state index is 12.2. The topological polar surface area (TPSA) is 84.5 Å². The molecule has 7 heteroatoms. The summed E-state index contributed by atoms with van der Waals surface area (Å²) in [5.74, 6) is -0.0447. The zero-order chi connectivity index (χ0) is 17.6. The second kappa shape index (κ2) is 8.41. The Labute approximate surface area is 143 Å². The minimum Gasteiger partial charge on any atom is -0.383 e. The fourth-order valence-corrected chi connectivity index (χ4v) is 3.84. The van der Waals surface area contributed by atoms with E-state index in [1.807, 2.05) is 6.08 Å². The first-order valence-corrected chi connectivity index (χ1v) is 9.48. The number of sulfonamides is 1. The van der Waals surface area contributed by atoms with Crippen molar-refractivity contribution < 1.29 is 17.9 Å². The predicted molar refractivity (Wildman–Crippen MR) is 93.2 cm³/mol. The highest BCUT2D eigenvalue weighted by atomic mass is 32.2. The van der Waals surface area contributed by atoms with Crippen molar-refractivity contribution in [2.75, 3.05) is 19.0 Å². The molecule has 0 heterocycles. The van der Waals surface area contributed by atoms with E-state index in [1.165, 1.54) is 19.2 Å². The molecule has 0 saturated heterocycles. The summed E-state index contributed by atoms with van der Waals surface area (Å²) in [7, 11) is -2.08. The van der Waals surface area contributed by atoms with Crippen LogP contribution in [0.1, 0.15) is 26.2 Å². The molecule has 0 unspecified atom stereocenters. The number of amides is 1. The molecule has 1 amide bonds. The fourth-order valence-electron chi connectivity index (χ4n) is 2.61. The molecule has 132 valence electrons. The second-order valence-electron chi connectivity index (χ2n) is 5.97. The molecule has 0 spiro atoms. The van der Waals surface area contributed by atoms with Crippen LogP contribution in [0.25, 0.3) is 0 Å². The summed E-state index contributed by atoms with van der Waals surface area (Å²) < 4.78 is 31.9. The Hall–Kier alpha value is -1.70. The molecular weight excluding hydrogens is 328 g/mol. The summed E-state index contributed by atoms with van der Waals surface area (Å²) in [6, 6.07) is 5.85. The van der Waals surface area contributed by atoms with E-state index in [2.05, 4.69) is 16.1 Å². The number of hydrogen-bond donors (Lipinski definition) is 2. The molecular formula is C17H24N2O4S. The van der Waals surface area contributed by atoms with Crippen LogP contribution in [0.15, 0.2) is 41.3 Å². The minimum atomic E-state index is -3.60. The van der Waals surface area contributed by atoms with Gasteiger partial charge in [-0.15, -0.1) is 0 Å². The van der Waals surface area contributed by atoms with Gasteiger partial charge in [0.25, 0.3) is 0 Å². The molecule has 1 aliphatic carbocycles. The van der Waals surface area contributed by atoms with Gasteiger partial charge in [-0.05, 0) is 50.5 Å². The third kappa shape index (κ3) is 5.15. The zero-order valence-electron chi connectivity index (χ0n) is 14.0. The van der Waals surface area contributed by atoms with Gasteiger partial charge in [0.1, 0.15) is 0 Å². The Morgan fingerprint density at radius 2 is 2.00 bits per heavy atom. The van der Waals surface area contributed by atoms with E-state index in [0.717, 1.165) is 19.3 Å². The standard InChI is InChI=1S/C17H24N2O4S/c1-13(12-23-2)19-24(21,22)16-10-8-15(9-11-16)18-17(20)14-6-4-3-5-7-14/h3-4,8-11,13-14,19H,5-7,12H2,1-2H3,(H,18,20)/t13-,14+/m0/s1. The van der Waals surface area contributed by atoms with Crippen LogP contribution in [0, 0.1) is 5.92 Å². The molecule has 24 heavy (non-hydrogen) atoms. The zero-order valence-corrected chi connectivity index (χ0v) is 14.8. The number of nitrogens with one attached hydrogen (secondary N) is 2. The maximum Gasteiger partial charge on any atom is 0.240 e. The van der Waals surface area contributed by atoms with Gasteiger partial charge in [0.2, 0.25) is 15.9 Å². The van der Waals surface area contributed by atoms with Crippen LogP contribution in [0.3, 0.4) is 0 Å². The first-order valence-electron chi connectivity index (χ1n) is 7.99. The maximum absolute atomic E-state index is 12.2. The van der Waals surface area contributed by atoms with E-state index >= 15 is 0 Å². The molecule has 1 aromatic rings. The number of methoxy groups -OCH3 is 1. The second-order valence-corrected chi connectivity index (χ2v) is 7.69. The van der Waals surface area contributed by atoms with E-state index in [9.17, 15) is 13.2 Å². The van der Waals surface area contributed by atoms with Crippen molar-refractivity contribution in [3.8, 4) is 0 Å². The van der Waals surface area contributed by atoms with Crippen molar-refractivity contribution >= 4 is 21.6 Å². The van der Waals surface area contributed by atoms with Crippen molar-refractivity contribution in [1.82, 2.24) is 4.72 Å². The van der Waals surface area contributed by atoms with Gasteiger partial charge in [0, 0.05) is 24.8 Å². The molecule has 1 aromatic carbocycles. The quantitative estimate of drug-likeness (QED) is 0.738. The van der Waals surface area contributed by atoms with E-state index in [0.29, 0.717) is 12.3 Å². The van der Waals surface area contributed by atoms with Gasteiger partial charge < -0.3 is 10.1 Å². The summed E-state index contributed by atoms with van der Waals surface area (Å²) in [5, 5.41) is 2.84. The normalized spacial score (nSPS) is 19.0. The monoisotopic (exact) mass is 352 g/mol. The van der Waals surface area contributed by atoms with E-state index < -0.39 is 10.0 Å². The molecule has 2 atom stereocenters. The number of ether oxygens (including phenoxy) is 1. The lowest BCUT2D eigenvalue weighted by atomic mass is 9.93. The number of anilines is 1. The number of rotatable bonds is 7. The SMILES string of the molecule is COC[C@H](C)NS(=O)(=O)c1ccc(NC(=O)[C@@H]2CC=CCC2)cc1. The van der Waals surface area contributed by atoms with Gasteiger partial charge >= 0.3 is 0 Å². The predicted octanol–water partition coefficient (Wildman–Crippen LogP) is 2.29. The Bertz CT molecular complexity index is 683. The first kappa shape index (κ1) is 18.6. The van der Waals surface area contributed by atoms with Gasteiger partial charge in [-0.2, -0.15) is 0 Å². The first-order chi connectivity index (χ1) is 11.4. The van der Waals surface area contributed by atoms with Gasteiger partial charge in [0.05, 0.1) is 11.5 Å². The lowest BCUT2D eigenvalue weighted by Gasteiger charge is -2.17. The highest BCUT2D eigenvalue weighted by Gasteiger charge is 2.20. The molecule has 0 radical (unpaired) electrons. The van der Waals surface area contributed by atoms with Crippen LogP contribution >= 0.6 is 0 Å². The molecule has 1 aliphatic rings. The summed E-state index contributed by atoms with van der Waals surface area (Å²) in [6.07, 6.45) is 6.62. The Balaban J connectivity index is 1.99. The molecule has 0 fully saturated rings. The number of carbonyl (C=O) groups excluding carboxylic acids is 1. The number of benzene rings is 1. The van der Waals surface area contributed by atoms with Gasteiger partial charge in [0.15, 0.2) is 0 Å². The van der Waals surface area contributed by atoms with Gasteiger partial charge in [-0.1, -0.05) is 12.2 Å². The highest BCUT2D eigenvalue weighted by molar-refractivity contribution is 7.89. The lowest BCUT2D eigenvalue weighted by molar-refractivity contribution is -0.120. The van der Waals surface area contributed by atoms with Crippen LogP contribution in [-0.2, 0) is 19.6 Å². The summed E-state index contributed by atoms with van der Waals surface area (Å²) in [6.45, 7) is 2.03. The summed E-state index contributed by atoms with van der Waals surface area (Å²) in [5.41, 5.74) is 0.596. The molecule has 2 rings (SSSR count). The van der Waals surface area contributed by atoms with E-state index in [1.54, 1.807) is 19.1 Å². The van der Waals surface area contributed by atoms with Crippen molar-refractivity contribution in [3.63, 3.8) is 0 Å². The molecule has 2 N–H and O–H groups in total. The van der Waals surface area contributed by atoms with E-state index in [4.69, 9.17) is 4.74 Å². The van der Waals surface area contributed by atoms with Crippen molar-refractivity contribution in [1.29, 1.82) is 0 Å². The Morgan fingerprint density at radius 1 is 1.29 bits per heavy atom. The highest BCUT2D eigenvalue weighted by Crippen LogP contribution is 2.21. The number of hydrogen-bond acceptors (Lipinski definition) is 4. The van der Waals surface area contributed by atoms with Crippen LogP contribution in [0.2, 0.25) is 0 Å². The van der Waals surface area contributed by atoms with Crippen LogP contribution in [-0.4, -0.2) is 34.1 Å². The largest absolute Gasteiger partial charge is 0.383 e. The summed E-state index contributed by atoms with van der Waals surface area (Å²) in [4.78, 5) is 12.3. The van der Waals surface area contributed by atoms with Crippen molar-refractivity contribution in [2.24, 2.45) is 5.92 Å². The van der Waals surface area contributed by atoms with E-state index in [-0.39, 0.29) is 22.8 Å². The molecule has 0 bridgehead atoms. The van der Waals surface area contributed by atoms with Crippen molar-refractivity contribution in [3.05, 3.63) is 36.4 Å². The minimum absolute atomic E-state index is 0.0185. The molecule has 6 nitrogen and oxygen atoms in total. The fraction of sp³-hybridized carbons (Fsp3) is 0.471. The van der Waals surface area contributed by atoms with Crippen molar-refractivity contribution in [2.45, 2.75) is 37.1 Å². The Morgan fingerprint density at radius 3 is 2.58 bits per heavy atom. The van der Waals surface area contributed by atoms with Crippen LogP contribution < -0.4 is 10.0 Å². The van der Waals surface area contributed by atoms with Gasteiger partial charge in [-0.3, -0.25) is 4.79 Å². The molecule has 0 aromatic heterocycles. The summed E-state index contributed by atoms with van der Waals surface area (Å²) >= 11 is 0. The van der Waals surface area contributed by atoms with Gasteiger partial charge in [-0.25, -0.2) is 13.1 Å².